The number of benzene rings is 2. The van der Waals surface area contributed by atoms with Gasteiger partial charge in [-0.25, -0.2) is 17.8 Å². The molecule has 1 saturated heterocycles. The van der Waals surface area contributed by atoms with Gasteiger partial charge in [0.15, 0.2) is 15.0 Å². The maximum Gasteiger partial charge on any atom is 0.182 e. The molecular weight excluding hydrogens is 519 g/mol. The van der Waals surface area contributed by atoms with E-state index in [2.05, 4.69) is 17.1 Å². The number of rotatable bonds is 7. The van der Waals surface area contributed by atoms with E-state index in [-0.39, 0.29) is 17.0 Å². The average molecular weight is 555 g/mol. The molecular formula is C30H35FN2O3S2. The Balaban J connectivity index is 1.16. The Labute approximate surface area is 229 Å². The molecule has 0 radical (unpaired) electrons. The van der Waals surface area contributed by atoms with Gasteiger partial charge in [-0.15, -0.1) is 0 Å². The van der Waals surface area contributed by atoms with Crippen molar-refractivity contribution in [2.75, 3.05) is 31.2 Å². The average Bonchev–Trinajstić information content (AvgIpc) is 3.08. The van der Waals surface area contributed by atoms with Crippen LogP contribution in [0.2, 0.25) is 0 Å². The van der Waals surface area contributed by atoms with Gasteiger partial charge in [0.05, 0.1) is 17.3 Å². The Morgan fingerprint density at radius 2 is 1.89 bits per heavy atom. The van der Waals surface area contributed by atoms with Crippen LogP contribution in [0.3, 0.4) is 0 Å². The molecule has 202 valence electrons. The largest absolute Gasteiger partial charge is 0.494 e. The second-order valence-electron chi connectivity index (χ2n) is 10.6. The summed E-state index contributed by atoms with van der Waals surface area (Å²) in [7, 11) is -3.40. The number of sulfone groups is 1. The van der Waals surface area contributed by atoms with E-state index in [0.717, 1.165) is 77.8 Å². The SMILES string of the molecule is CCOc1ccc(S(=O)(=O)CC2=CCCC3(CC2)CN(C2=NC(Cc4ccc(F)cc4)=CCS2)C3)cc1C. The standard InChI is InChI=1S/C30H35FN2O3S2/c1-3-36-28-11-10-27(17-22(28)2)38(34,35)19-24-5-4-14-30(15-12-24)20-33(21-30)29-32-26(13-16-37-29)18-23-6-8-25(31)9-7-23/h5-11,13,17H,3-4,12,14-16,18-21H2,1-2H3. The fourth-order valence-electron chi connectivity index (χ4n) is 5.54. The Kier molecular flexibility index (Phi) is 8.00. The fourth-order valence-corrected chi connectivity index (χ4v) is 8.01. The lowest BCUT2D eigenvalue weighted by atomic mass is 9.73. The molecule has 0 amide bonds. The van der Waals surface area contributed by atoms with Crippen LogP contribution in [0.4, 0.5) is 4.39 Å². The summed E-state index contributed by atoms with van der Waals surface area (Å²) < 4.78 is 45.2. The van der Waals surface area contributed by atoms with Crippen LogP contribution >= 0.6 is 11.8 Å². The van der Waals surface area contributed by atoms with E-state index in [9.17, 15) is 12.8 Å². The molecule has 0 atom stereocenters. The molecule has 2 aliphatic heterocycles. The zero-order valence-electron chi connectivity index (χ0n) is 22.1. The number of amidine groups is 1. The molecule has 1 fully saturated rings. The van der Waals surface area contributed by atoms with E-state index in [1.165, 1.54) is 12.1 Å². The minimum absolute atomic E-state index is 0.0836. The van der Waals surface area contributed by atoms with Crippen molar-refractivity contribution in [3.8, 4) is 5.75 Å². The number of aryl methyl sites for hydroxylation is 1. The molecule has 5 nitrogen and oxygen atoms in total. The maximum absolute atomic E-state index is 13.2. The highest BCUT2D eigenvalue weighted by Gasteiger charge is 2.44. The first-order valence-electron chi connectivity index (χ1n) is 13.3. The lowest BCUT2D eigenvalue weighted by molar-refractivity contribution is 0.0464. The van der Waals surface area contributed by atoms with Crippen LogP contribution in [-0.4, -0.2) is 49.7 Å². The van der Waals surface area contributed by atoms with Crippen molar-refractivity contribution < 1.29 is 17.5 Å². The molecule has 38 heavy (non-hydrogen) atoms. The summed E-state index contributed by atoms with van der Waals surface area (Å²) >= 11 is 1.77. The van der Waals surface area contributed by atoms with Crippen LogP contribution in [0, 0.1) is 18.2 Å². The summed E-state index contributed by atoms with van der Waals surface area (Å²) in [6.45, 7) is 6.29. The van der Waals surface area contributed by atoms with Gasteiger partial charge in [0.25, 0.3) is 0 Å². The summed E-state index contributed by atoms with van der Waals surface area (Å²) in [5.74, 6) is 1.49. The molecule has 2 aromatic rings. The normalized spacial score (nSPS) is 19.2. The van der Waals surface area contributed by atoms with Crippen LogP contribution < -0.4 is 4.74 Å². The topological polar surface area (TPSA) is 59.0 Å². The van der Waals surface area contributed by atoms with Crippen LogP contribution in [0.5, 0.6) is 5.75 Å². The highest BCUT2D eigenvalue weighted by atomic mass is 32.2. The van der Waals surface area contributed by atoms with Gasteiger partial charge in [0.2, 0.25) is 0 Å². The number of nitrogens with zero attached hydrogens (tertiary/aromatic N) is 2. The van der Waals surface area contributed by atoms with E-state index in [0.29, 0.717) is 17.9 Å². The van der Waals surface area contributed by atoms with Gasteiger partial charge < -0.3 is 9.64 Å². The summed E-state index contributed by atoms with van der Waals surface area (Å²) in [6, 6.07) is 11.8. The molecule has 0 N–H and O–H groups in total. The number of allylic oxidation sites excluding steroid dienone is 2. The third-order valence-corrected chi connectivity index (χ3v) is 10.3. The van der Waals surface area contributed by atoms with Gasteiger partial charge in [-0.05, 0) is 81.0 Å². The molecule has 0 aromatic heterocycles. The Morgan fingerprint density at radius 3 is 2.63 bits per heavy atom. The lowest BCUT2D eigenvalue weighted by Gasteiger charge is -2.51. The van der Waals surface area contributed by atoms with Crippen molar-refractivity contribution in [2.24, 2.45) is 10.4 Å². The van der Waals surface area contributed by atoms with E-state index in [4.69, 9.17) is 9.73 Å². The van der Waals surface area contributed by atoms with Crippen LogP contribution in [-0.2, 0) is 16.3 Å². The quantitative estimate of drug-likeness (QED) is 0.374. The highest BCUT2D eigenvalue weighted by Crippen LogP contribution is 2.44. The Morgan fingerprint density at radius 1 is 1.11 bits per heavy atom. The molecule has 2 heterocycles. The number of thioether (sulfide) groups is 1. The predicted molar refractivity (Wildman–Crippen MR) is 153 cm³/mol. The maximum atomic E-state index is 13.2. The van der Waals surface area contributed by atoms with Crippen molar-refractivity contribution in [1.82, 2.24) is 4.90 Å². The fraction of sp³-hybridized carbons (Fsp3) is 0.433. The van der Waals surface area contributed by atoms with E-state index in [1.54, 1.807) is 30.0 Å². The van der Waals surface area contributed by atoms with Crippen LogP contribution in [0.15, 0.2) is 75.8 Å². The highest BCUT2D eigenvalue weighted by molar-refractivity contribution is 8.13. The molecule has 3 aliphatic rings. The number of hydrogen-bond acceptors (Lipinski definition) is 6. The Hall–Kier alpha value is -2.58. The van der Waals surface area contributed by atoms with Crippen molar-refractivity contribution >= 4 is 26.8 Å². The van der Waals surface area contributed by atoms with Gasteiger partial charge >= 0.3 is 0 Å². The summed E-state index contributed by atoms with van der Waals surface area (Å²) in [6.07, 6.45) is 8.83. The smallest absolute Gasteiger partial charge is 0.182 e. The van der Waals surface area contributed by atoms with Gasteiger partial charge in [0.1, 0.15) is 11.6 Å². The first-order valence-corrected chi connectivity index (χ1v) is 15.9. The number of halogens is 1. The summed E-state index contributed by atoms with van der Waals surface area (Å²) in [4.78, 5) is 7.65. The molecule has 0 bridgehead atoms. The van der Waals surface area contributed by atoms with E-state index in [1.807, 2.05) is 26.0 Å². The zero-order valence-corrected chi connectivity index (χ0v) is 23.7. The molecule has 1 spiro atoms. The summed E-state index contributed by atoms with van der Waals surface area (Å²) in [5.41, 5.74) is 4.19. The zero-order chi connectivity index (χ0) is 26.8. The monoisotopic (exact) mass is 554 g/mol. The van der Waals surface area contributed by atoms with Crippen molar-refractivity contribution in [2.45, 2.75) is 50.8 Å². The minimum atomic E-state index is -3.40. The first-order chi connectivity index (χ1) is 18.2. The molecule has 0 unspecified atom stereocenters. The van der Waals surface area contributed by atoms with E-state index >= 15 is 0 Å². The first kappa shape index (κ1) is 27.0. The molecule has 2 aromatic carbocycles. The number of hydrogen-bond donors (Lipinski definition) is 0. The third kappa shape index (κ3) is 6.18. The van der Waals surface area contributed by atoms with Crippen molar-refractivity contribution in [1.29, 1.82) is 0 Å². The van der Waals surface area contributed by atoms with Crippen molar-refractivity contribution in [3.63, 3.8) is 0 Å². The van der Waals surface area contributed by atoms with Gasteiger partial charge in [-0.2, -0.15) is 0 Å². The molecule has 0 saturated carbocycles. The second kappa shape index (κ2) is 11.3. The summed E-state index contributed by atoms with van der Waals surface area (Å²) in [5, 5.41) is 1.07. The number of aliphatic imine (C=N–C) groups is 1. The number of likely N-dealkylation sites (tertiary alicyclic amines) is 1. The van der Waals surface area contributed by atoms with Gasteiger partial charge in [-0.1, -0.05) is 41.6 Å². The van der Waals surface area contributed by atoms with Crippen LogP contribution in [0.1, 0.15) is 43.7 Å². The van der Waals surface area contributed by atoms with Crippen molar-refractivity contribution in [3.05, 3.63) is 82.8 Å². The predicted octanol–water partition coefficient (Wildman–Crippen LogP) is 6.34. The third-order valence-electron chi connectivity index (χ3n) is 7.66. The Bertz CT molecular complexity index is 1370. The lowest BCUT2D eigenvalue weighted by Crippen LogP contribution is -2.57. The van der Waals surface area contributed by atoms with Crippen LogP contribution in [0.25, 0.3) is 0 Å². The number of ether oxygens (including phenoxy) is 1. The second-order valence-corrected chi connectivity index (χ2v) is 13.6. The molecule has 1 aliphatic carbocycles. The van der Waals surface area contributed by atoms with Gasteiger partial charge in [0, 0.05) is 36.4 Å². The van der Waals surface area contributed by atoms with E-state index < -0.39 is 9.84 Å². The molecule has 5 rings (SSSR count). The molecule has 8 heteroatoms. The van der Waals surface area contributed by atoms with Gasteiger partial charge in [-0.3, -0.25) is 0 Å². The minimum Gasteiger partial charge on any atom is -0.494 e.